The summed E-state index contributed by atoms with van der Waals surface area (Å²) in [6.07, 6.45) is 6.23. The van der Waals surface area contributed by atoms with Gasteiger partial charge in [0.15, 0.2) is 5.76 Å². The number of aliphatic hydroxyl groups excluding tert-OH is 1. The Bertz CT molecular complexity index is 1160. The summed E-state index contributed by atoms with van der Waals surface area (Å²) in [5.41, 5.74) is 2.30. The molecule has 0 bridgehead atoms. The molecule has 31 heavy (non-hydrogen) atoms. The fourth-order valence-electron chi connectivity index (χ4n) is 3.39. The number of carbonyl (C=O) groups is 1. The van der Waals surface area contributed by atoms with E-state index >= 15 is 0 Å². The van der Waals surface area contributed by atoms with E-state index in [1.807, 2.05) is 18.2 Å². The van der Waals surface area contributed by atoms with Gasteiger partial charge in [-0.3, -0.25) is 9.79 Å². The third-order valence-corrected chi connectivity index (χ3v) is 4.90. The number of rotatable bonds is 8. The Morgan fingerprint density at radius 3 is 2.74 bits per heavy atom. The van der Waals surface area contributed by atoms with E-state index in [1.165, 1.54) is 25.3 Å². The number of carbonyl (C=O) groups excluding carboxylic acids is 1. The van der Waals surface area contributed by atoms with Crippen LogP contribution in [-0.2, 0) is 11.3 Å². The minimum absolute atomic E-state index is 0.155. The van der Waals surface area contributed by atoms with Crippen molar-refractivity contribution in [3.63, 3.8) is 0 Å². The van der Waals surface area contributed by atoms with Crippen LogP contribution in [0, 0.1) is 17.1 Å². The van der Waals surface area contributed by atoms with Gasteiger partial charge in [0.25, 0.3) is 0 Å². The first-order valence-electron chi connectivity index (χ1n) is 9.66. The molecule has 0 aliphatic rings. The number of ketones is 1. The Hall–Kier alpha value is -4.05. The fraction of sp³-hybridized carbons (Fsp3) is 0.167. The van der Waals surface area contributed by atoms with Gasteiger partial charge in [-0.15, -0.1) is 0 Å². The predicted octanol–water partition coefficient (Wildman–Crippen LogP) is 4.28. The summed E-state index contributed by atoms with van der Waals surface area (Å²) < 4.78 is 15.3. The van der Waals surface area contributed by atoms with E-state index in [0.717, 1.165) is 17.3 Å². The molecule has 7 heteroatoms. The van der Waals surface area contributed by atoms with Crippen LogP contribution >= 0.6 is 0 Å². The van der Waals surface area contributed by atoms with Crippen LogP contribution in [0.5, 0.6) is 0 Å². The van der Waals surface area contributed by atoms with Gasteiger partial charge in [0.1, 0.15) is 11.6 Å². The largest absolute Gasteiger partial charge is 0.504 e. The molecule has 0 spiro atoms. The maximum absolute atomic E-state index is 13.5. The highest BCUT2D eigenvalue weighted by Crippen LogP contribution is 2.31. The second kappa shape index (κ2) is 10.1. The molecule has 0 unspecified atom stereocenters. The molecule has 6 nitrogen and oxygen atoms in total. The first kappa shape index (κ1) is 21.7. The summed E-state index contributed by atoms with van der Waals surface area (Å²) in [4.78, 5) is 19.5. The Morgan fingerprint density at radius 1 is 1.29 bits per heavy atom. The number of aliphatic imine (C=N–C) groups is 1. The van der Waals surface area contributed by atoms with Crippen LogP contribution in [0.4, 0.5) is 4.39 Å². The molecule has 0 saturated carbocycles. The van der Waals surface area contributed by atoms with Gasteiger partial charge in [0, 0.05) is 38.0 Å². The third kappa shape index (κ3) is 5.31. The lowest BCUT2D eigenvalue weighted by molar-refractivity contribution is -0.111. The highest BCUT2D eigenvalue weighted by molar-refractivity contribution is 6.35. The van der Waals surface area contributed by atoms with Crippen LogP contribution in [0.3, 0.4) is 0 Å². The Kier molecular flexibility index (Phi) is 7.07. The van der Waals surface area contributed by atoms with Crippen molar-refractivity contribution in [1.82, 2.24) is 9.55 Å². The zero-order chi connectivity index (χ0) is 22.2. The quantitative estimate of drug-likeness (QED) is 0.337. The van der Waals surface area contributed by atoms with Crippen molar-refractivity contribution in [3.05, 3.63) is 95.0 Å². The van der Waals surface area contributed by atoms with Gasteiger partial charge in [-0.2, -0.15) is 5.26 Å². The van der Waals surface area contributed by atoms with E-state index in [4.69, 9.17) is 0 Å². The summed E-state index contributed by atoms with van der Waals surface area (Å²) in [6.45, 7) is 0.497. The number of allylic oxidation sites excluding steroid dienone is 1. The van der Waals surface area contributed by atoms with Gasteiger partial charge in [0.05, 0.1) is 17.8 Å². The number of aromatic nitrogens is 2. The summed E-state index contributed by atoms with van der Waals surface area (Å²) in [5.74, 6) is -1.12. The van der Waals surface area contributed by atoms with Gasteiger partial charge in [-0.05, 0) is 35.7 Å². The molecule has 3 rings (SSSR count). The molecular formula is C24H21FN4O2. The van der Waals surface area contributed by atoms with E-state index < -0.39 is 11.5 Å². The third-order valence-electron chi connectivity index (χ3n) is 4.90. The standard InChI is InChI=1S/C24H21FN4O2/c1-27-16-23(31)22(30)14-24-28-11-13-29(24)12-10-21(17-6-8-19(25)9-7-17)20-5-3-2-4-18(20)15-26/h2-9,11,13-14,16,21,30H,10,12H2,1H3/b22-14-,27-16-/t21-/m0/s1. The number of halogens is 1. The highest BCUT2D eigenvalue weighted by Gasteiger charge is 2.18. The number of imidazole rings is 1. The van der Waals surface area contributed by atoms with Crippen molar-refractivity contribution in [2.75, 3.05) is 7.05 Å². The SMILES string of the molecule is C/N=C\C(=O)/C(O)=C/c1nccn1CC[C@@H](c1ccc(F)cc1)c1ccccc1C#N. The number of benzene rings is 2. The molecule has 1 N–H and O–H groups in total. The molecule has 1 heterocycles. The number of hydrogen-bond acceptors (Lipinski definition) is 5. The number of Topliss-reactive ketones (excluding diaryl/α,β-unsaturated/α-hetero) is 1. The molecule has 0 fully saturated rings. The molecule has 0 aliphatic carbocycles. The minimum Gasteiger partial charge on any atom is -0.504 e. The lowest BCUT2D eigenvalue weighted by atomic mass is 9.86. The first-order chi connectivity index (χ1) is 15.0. The minimum atomic E-state index is -0.607. The van der Waals surface area contributed by atoms with Crippen LogP contribution in [0.25, 0.3) is 6.08 Å². The van der Waals surface area contributed by atoms with Crippen molar-refractivity contribution < 1.29 is 14.3 Å². The number of nitriles is 1. The monoisotopic (exact) mass is 416 g/mol. The fourth-order valence-corrected chi connectivity index (χ4v) is 3.39. The predicted molar refractivity (Wildman–Crippen MR) is 116 cm³/mol. The molecule has 0 saturated heterocycles. The Morgan fingerprint density at radius 2 is 2.03 bits per heavy atom. The lowest BCUT2D eigenvalue weighted by Gasteiger charge is -2.20. The zero-order valence-corrected chi connectivity index (χ0v) is 16.9. The second-order valence-corrected chi connectivity index (χ2v) is 6.85. The maximum Gasteiger partial charge on any atom is 0.237 e. The average molecular weight is 416 g/mol. The van der Waals surface area contributed by atoms with Crippen LogP contribution in [0.2, 0.25) is 0 Å². The van der Waals surface area contributed by atoms with E-state index in [1.54, 1.807) is 35.2 Å². The van der Waals surface area contributed by atoms with Crippen LogP contribution in [-0.4, -0.2) is 33.7 Å². The van der Waals surface area contributed by atoms with Gasteiger partial charge in [-0.25, -0.2) is 9.37 Å². The first-order valence-corrected chi connectivity index (χ1v) is 9.66. The molecule has 0 aliphatic heterocycles. The molecule has 3 aromatic rings. The normalized spacial score (nSPS) is 12.6. The van der Waals surface area contributed by atoms with Crippen molar-refractivity contribution in [3.8, 4) is 6.07 Å². The van der Waals surface area contributed by atoms with Gasteiger partial charge in [0.2, 0.25) is 5.78 Å². The average Bonchev–Trinajstić information content (AvgIpc) is 3.22. The Labute approximate surface area is 179 Å². The summed E-state index contributed by atoms with van der Waals surface area (Å²) >= 11 is 0. The summed E-state index contributed by atoms with van der Waals surface area (Å²) in [5, 5.41) is 19.5. The van der Waals surface area contributed by atoms with E-state index in [2.05, 4.69) is 16.0 Å². The van der Waals surface area contributed by atoms with Gasteiger partial charge in [-0.1, -0.05) is 30.3 Å². The number of hydrogen-bond donors (Lipinski definition) is 1. The number of nitrogens with zero attached hydrogens (tertiary/aromatic N) is 4. The van der Waals surface area contributed by atoms with Crippen molar-refractivity contribution in [2.45, 2.75) is 18.9 Å². The maximum atomic E-state index is 13.5. The van der Waals surface area contributed by atoms with Crippen LogP contribution < -0.4 is 0 Å². The topological polar surface area (TPSA) is 91.3 Å². The van der Waals surface area contributed by atoms with Gasteiger partial charge >= 0.3 is 0 Å². The number of aliphatic hydroxyl groups is 1. The van der Waals surface area contributed by atoms with E-state index in [9.17, 15) is 19.6 Å². The number of aryl methyl sites for hydroxylation is 1. The molecule has 156 valence electrons. The molecule has 2 aromatic carbocycles. The second-order valence-electron chi connectivity index (χ2n) is 6.85. The van der Waals surface area contributed by atoms with E-state index in [-0.39, 0.29) is 11.7 Å². The van der Waals surface area contributed by atoms with Crippen molar-refractivity contribution >= 4 is 18.1 Å². The molecular weight excluding hydrogens is 395 g/mol. The molecule has 1 atom stereocenters. The highest BCUT2D eigenvalue weighted by atomic mass is 19.1. The zero-order valence-electron chi connectivity index (χ0n) is 16.9. The van der Waals surface area contributed by atoms with Crippen LogP contribution in [0.15, 0.2) is 71.7 Å². The molecule has 0 amide bonds. The van der Waals surface area contributed by atoms with Crippen molar-refractivity contribution in [1.29, 1.82) is 5.26 Å². The smallest absolute Gasteiger partial charge is 0.237 e. The lowest BCUT2D eigenvalue weighted by Crippen LogP contribution is -2.10. The van der Waals surface area contributed by atoms with Gasteiger partial charge < -0.3 is 9.67 Å². The van der Waals surface area contributed by atoms with Crippen LogP contribution in [0.1, 0.15) is 34.9 Å². The van der Waals surface area contributed by atoms with Crippen molar-refractivity contribution in [2.24, 2.45) is 4.99 Å². The molecule has 1 aromatic heterocycles. The Balaban J connectivity index is 1.90. The summed E-state index contributed by atoms with van der Waals surface area (Å²) in [6, 6.07) is 15.8. The summed E-state index contributed by atoms with van der Waals surface area (Å²) in [7, 11) is 1.45. The van der Waals surface area contributed by atoms with E-state index in [0.29, 0.717) is 24.4 Å². The molecule has 0 radical (unpaired) electrons.